The topological polar surface area (TPSA) is 127 Å². The Morgan fingerprint density at radius 3 is 2.45 bits per heavy atom. The predicted octanol–water partition coefficient (Wildman–Crippen LogP) is 1.68. The first kappa shape index (κ1) is 18.1. The van der Waals surface area contributed by atoms with Gasteiger partial charge in [0.2, 0.25) is 10.0 Å². The Hall–Kier alpha value is -2.00. The molecule has 22 heavy (non-hydrogen) atoms. The molecule has 0 radical (unpaired) electrons. The maximum Gasteiger partial charge on any atom is 0.321 e. The van der Waals surface area contributed by atoms with Crippen molar-refractivity contribution in [1.82, 2.24) is 4.72 Å². The number of sulfonamides is 1. The second kappa shape index (κ2) is 6.84. The number of nitro benzene ring substituents is 1. The summed E-state index contributed by atoms with van der Waals surface area (Å²) in [4.78, 5) is 21.1. The van der Waals surface area contributed by atoms with Crippen LogP contribution in [0.25, 0.3) is 0 Å². The molecule has 122 valence electrons. The van der Waals surface area contributed by atoms with Crippen LogP contribution in [0.1, 0.15) is 25.8 Å². The second-order valence-electron chi connectivity index (χ2n) is 5.30. The van der Waals surface area contributed by atoms with Crippen molar-refractivity contribution in [3.05, 3.63) is 33.9 Å². The molecular weight excluding hydrogens is 312 g/mol. The van der Waals surface area contributed by atoms with Gasteiger partial charge >= 0.3 is 5.97 Å². The number of carboxylic acids is 1. The van der Waals surface area contributed by atoms with Gasteiger partial charge in [0.05, 0.1) is 9.82 Å². The van der Waals surface area contributed by atoms with Crippen LogP contribution in [0.5, 0.6) is 0 Å². The molecule has 0 aliphatic rings. The Bertz CT molecular complexity index is 684. The van der Waals surface area contributed by atoms with Gasteiger partial charge in [-0.15, -0.1) is 0 Å². The number of rotatable bonds is 7. The first-order valence-electron chi connectivity index (χ1n) is 6.55. The van der Waals surface area contributed by atoms with Gasteiger partial charge in [0.15, 0.2) is 0 Å². The van der Waals surface area contributed by atoms with Crippen LogP contribution in [-0.2, 0) is 14.8 Å². The Kier molecular flexibility index (Phi) is 5.61. The summed E-state index contributed by atoms with van der Waals surface area (Å²) >= 11 is 0. The SMILES string of the molecule is Cc1c([N+](=O)[O-])cccc1S(=O)(=O)NC(CC(C)C)C(=O)O. The fraction of sp³-hybridized carbons (Fsp3) is 0.462. The lowest BCUT2D eigenvalue weighted by Gasteiger charge is -2.17. The van der Waals surface area contributed by atoms with Crippen molar-refractivity contribution in [2.75, 3.05) is 0 Å². The zero-order valence-corrected chi connectivity index (χ0v) is 13.3. The number of aliphatic carboxylic acids is 1. The molecule has 0 amide bonds. The van der Waals surface area contributed by atoms with Crippen LogP contribution in [0, 0.1) is 23.0 Å². The fourth-order valence-corrected chi connectivity index (χ4v) is 3.48. The summed E-state index contributed by atoms with van der Waals surface area (Å²) in [5.74, 6) is -1.32. The number of hydrogen-bond acceptors (Lipinski definition) is 5. The highest BCUT2D eigenvalue weighted by Crippen LogP contribution is 2.25. The molecule has 0 fully saturated rings. The number of carboxylic acid groups (broad SMARTS) is 1. The molecule has 0 aromatic heterocycles. The lowest BCUT2D eigenvalue weighted by molar-refractivity contribution is -0.385. The Morgan fingerprint density at radius 1 is 1.41 bits per heavy atom. The van der Waals surface area contributed by atoms with Crippen molar-refractivity contribution in [2.45, 2.75) is 38.1 Å². The zero-order chi connectivity index (χ0) is 17.1. The zero-order valence-electron chi connectivity index (χ0n) is 12.4. The van der Waals surface area contributed by atoms with E-state index in [1.807, 2.05) is 0 Å². The van der Waals surface area contributed by atoms with Gasteiger partial charge in [0.25, 0.3) is 5.69 Å². The van der Waals surface area contributed by atoms with E-state index in [-0.39, 0.29) is 28.5 Å². The molecular formula is C13H18N2O6S. The van der Waals surface area contributed by atoms with E-state index < -0.39 is 27.0 Å². The predicted molar refractivity (Wildman–Crippen MR) is 79.0 cm³/mol. The molecule has 2 N–H and O–H groups in total. The number of nitrogens with one attached hydrogen (secondary N) is 1. The second-order valence-corrected chi connectivity index (χ2v) is 6.98. The summed E-state index contributed by atoms with van der Waals surface area (Å²) in [6, 6.07) is 2.36. The van der Waals surface area contributed by atoms with Gasteiger partial charge in [-0.1, -0.05) is 19.9 Å². The largest absolute Gasteiger partial charge is 0.480 e. The molecule has 1 aromatic rings. The highest BCUT2D eigenvalue weighted by molar-refractivity contribution is 7.89. The van der Waals surface area contributed by atoms with Crippen LogP contribution in [-0.4, -0.2) is 30.5 Å². The molecule has 8 nitrogen and oxygen atoms in total. The molecule has 1 unspecified atom stereocenters. The minimum absolute atomic E-state index is 0.0324. The summed E-state index contributed by atoms with van der Waals surface area (Å²) in [7, 11) is -4.17. The average molecular weight is 330 g/mol. The van der Waals surface area contributed by atoms with E-state index in [4.69, 9.17) is 5.11 Å². The van der Waals surface area contributed by atoms with Gasteiger partial charge < -0.3 is 5.11 Å². The van der Waals surface area contributed by atoms with Gasteiger partial charge in [0, 0.05) is 11.6 Å². The van der Waals surface area contributed by atoms with Crippen molar-refractivity contribution in [3.63, 3.8) is 0 Å². The fourth-order valence-electron chi connectivity index (χ4n) is 2.01. The summed E-state index contributed by atoms with van der Waals surface area (Å²) in [5.41, 5.74) is -0.368. The summed E-state index contributed by atoms with van der Waals surface area (Å²) in [5, 5.41) is 20.0. The van der Waals surface area contributed by atoms with Crippen LogP contribution in [0.2, 0.25) is 0 Å². The molecule has 0 spiro atoms. The van der Waals surface area contributed by atoms with Crippen molar-refractivity contribution >= 4 is 21.7 Å². The number of benzene rings is 1. The average Bonchev–Trinajstić information content (AvgIpc) is 2.36. The number of nitrogens with zero attached hydrogens (tertiary/aromatic N) is 1. The van der Waals surface area contributed by atoms with Gasteiger partial charge in [-0.3, -0.25) is 14.9 Å². The molecule has 9 heteroatoms. The third-order valence-corrected chi connectivity index (χ3v) is 4.66. The van der Waals surface area contributed by atoms with E-state index in [9.17, 15) is 23.3 Å². The summed E-state index contributed by atoms with van der Waals surface area (Å²) < 4.78 is 26.8. The minimum atomic E-state index is -4.17. The first-order valence-corrected chi connectivity index (χ1v) is 8.03. The third-order valence-electron chi connectivity index (χ3n) is 3.04. The number of carbonyl (C=O) groups is 1. The molecule has 1 rings (SSSR count). The maximum atomic E-state index is 12.3. The van der Waals surface area contributed by atoms with Crippen LogP contribution in [0.4, 0.5) is 5.69 Å². The van der Waals surface area contributed by atoms with E-state index in [0.29, 0.717) is 0 Å². The molecule has 0 aliphatic heterocycles. The van der Waals surface area contributed by atoms with Crippen LogP contribution >= 0.6 is 0 Å². The molecule has 0 saturated carbocycles. The van der Waals surface area contributed by atoms with Gasteiger partial charge in [-0.05, 0) is 25.3 Å². The van der Waals surface area contributed by atoms with Gasteiger partial charge in [0.1, 0.15) is 6.04 Å². The number of nitro groups is 1. The van der Waals surface area contributed by atoms with Crippen LogP contribution in [0.3, 0.4) is 0 Å². The van der Waals surface area contributed by atoms with Gasteiger partial charge in [-0.25, -0.2) is 8.42 Å². The maximum absolute atomic E-state index is 12.3. The molecule has 1 atom stereocenters. The monoisotopic (exact) mass is 330 g/mol. The first-order chi connectivity index (χ1) is 10.1. The summed E-state index contributed by atoms with van der Waals surface area (Å²) in [6.45, 7) is 4.84. The van der Waals surface area contributed by atoms with Crippen molar-refractivity contribution in [3.8, 4) is 0 Å². The number of hydrogen-bond donors (Lipinski definition) is 2. The van der Waals surface area contributed by atoms with Crippen molar-refractivity contribution in [2.24, 2.45) is 5.92 Å². The van der Waals surface area contributed by atoms with Crippen LogP contribution in [0.15, 0.2) is 23.1 Å². The Balaban J connectivity index is 3.22. The lowest BCUT2D eigenvalue weighted by atomic mass is 10.1. The third kappa shape index (κ3) is 4.25. The van der Waals surface area contributed by atoms with E-state index in [2.05, 4.69) is 4.72 Å². The Labute approximate surface area is 128 Å². The van der Waals surface area contributed by atoms with E-state index in [0.717, 1.165) is 0 Å². The van der Waals surface area contributed by atoms with E-state index in [1.54, 1.807) is 13.8 Å². The smallest absolute Gasteiger partial charge is 0.321 e. The highest BCUT2D eigenvalue weighted by Gasteiger charge is 2.29. The Morgan fingerprint density at radius 2 is 2.00 bits per heavy atom. The lowest BCUT2D eigenvalue weighted by Crippen LogP contribution is -2.41. The van der Waals surface area contributed by atoms with Crippen molar-refractivity contribution < 1.29 is 23.2 Å². The minimum Gasteiger partial charge on any atom is -0.480 e. The molecule has 0 heterocycles. The van der Waals surface area contributed by atoms with Gasteiger partial charge in [-0.2, -0.15) is 4.72 Å². The normalized spacial score (nSPS) is 13.1. The molecule has 1 aromatic carbocycles. The molecule has 0 saturated heterocycles. The highest BCUT2D eigenvalue weighted by atomic mass is 32.2. The summed E-state index contributed by atoms with van der Waals surface area (Å²) in [6.07, 6.45) is 0.114. The van der Waals surface area contributed by atoms with Crippen molar-refractivity contribution in [1.29, 1.82) is 0 Å². The van der Waals surface area contributed by atoms with E-state index in [1.165, 1.54) is 25.1 Å². The standard InChI is InChI=1S/C13H18N2O6S/c1-8(2)7-10(13(16)17)14-22(20,21)12-6-4-5-11(9(12)3)15(18)19/h4-6,8,10,14H,7H2,1-3H3,(H,16,17). The van der Waals surface area contributed by atoms with E-state index >= 15 is 0 Å². The molecule has 0 aliphatic carbocycles. The quantitative estimate of drug-likeness (QED) is 0.578. The van der Waals surface area contributed by atoms with Crippen LogP contribution < -0.4 is 4.72 Å². The molecule has 0 bridgehead atoms.